The fraction of sp³-hybridized carbons (Fsp3) is 0.273. The fourth-order valence-corrected chi connectivity index (χ4v) is 3.63. The molecule has 0 spiro atoms. The number of amides is 1. The first-order valence-corrected chi connectivity index (χ1v) is 10.2. The second-order valence-corrected chi connectivity index (χ2v) is 7.23. The van der Waals surface area contributed by atoms with E-state index < -0.39 is 0 Å². The molecule has 2 bridgehead atoms. The van der Waals surface area contributed by atoms with Crippen LogP contribution in [-0.4, -0.2) is 58.6 Å². The van der Waals surface area contributed by atoms with Crippen molar-refractivity contribution in [2.24, 2.45) is 0 Å². The Kier molecular flexibility index (Phi) is 5.32. The second-order valence-electron chi connectivity index (χ2n) is 7.23. The molecule has 1 amide bonds. The van der Waals surface area contributed by atoms with Gasteiger partial charge in [0.25, 0.3) is 5.91 Å². The first kappa shape index (κ1) is 19.3. The lowest BCUT2D eigenvalue weighted by Gasteiger charge is -2.29. The molecule has 1 saturated heterocycles. The summed E-state index contributed by atoms with van der Waals surface area (Å²) in [7, 11) is 0. The topological polar surface area (TPSA) is 94.4 Å². The Hall–Kier alpha value is -3.72. The highest BCUT2D eigenvalue weighted by Crippen LogP contribution is 2.27. The number of anilines is 2. The Labute approximate surface area is 179 Å². The standard InChI is InChI=1S/C22H22N6O3/c29-22-17-14-16(27-9-12-30-13-10-27)6-7-19(17)31-11-2-1-8-28-15-23-26-21(28)18-4-3-5-20(24-18)25-22/h1-7,14-15H,8-13H2,(H,24,25,29)/b2-1-. The Bertz CT molecular complexity index is 1120. The van der Waals surface area contributed by atoms with Crippen molar-refractivity contribution in [2.75, 3.05) is 43.1 Å². The summed E-state index contributed by atoms with van der Waals surface area (Å²) in [5, 5.41) is 11.1. The van der Waals surface area contributed by atoms with E-state index in [1.165, 1.54) is 0 Å². The number of carbonyl (C=O) groups is 1. The van der Waals surface area contributed by atoms with Crippen LogP contribution in [0.25, 0.3) is 11.5 Å². The molecule has 2 aliphatic heterocycles. The van der Waals surface area contributed by atoms with Gasteiger partial charge < -0.3 is 24.3 Å². The number of carbonyl (C=O) groups excluding carboxylic acids is 1. The molecule has 31 heavy (non-hydrogen) atoms. The molecule has 1 N–H and O–H groups in total. The van der Waals surface area contributed by atoms with Crippen LogP contribution in [0.15, 0.2) is 54.9 Å². The van der Waals surface area contributed by atoms with E-state index in [9.17, 15) is 4.79 Å². The van der Waals surface area contributed by atoms with Crippen LogP contribution in [-0.2, 0) is 11.3 Å². The van der Waals surface area contributed by atoms with E-state index in [4.69, 9.17) is 9.47 Å². The van der Waals surface area contributed by atoms with E-state index >= 15 is 0 Å². The zero-order valence-electron chi connectivity index (χ0n) is 16.9. The van der Waals surface area contributed by atoms with E-state index in [0.29, 0.717) is 55.0 Å². The number of morpholine rings is 1. The summed E-state index contributed by atoms with van der Waals surface area (Å²) in [5.74, 6) is 1.32. The predicted molar refractivity (Wildman–Crippen MR) is 115 cm³/mol. The van der Waals surface area contributed by atoms with Gasteiger partial charge >= 0.3 is 0 Å². The van der Waals surface area contributed by atoms with E-state index in [-0.39, 0.29) is 5.91 Å². The molecule has 4 heterocycles. The quantitative estimate of drug-likeness (QED) is 0.607. The smallest absolute Gasteiger partial charge is 0.260 e. The first-order chi connectivity index (χ1) is 15.3. The SMILES string of the molecule is O=C1Nc2cccc(n2)-c2nncn2C/C=C\COc2ccc(N3CCOCC3)cc21. The third kappa shape index (κ3) is 4.13. The molecule has 0 unspecified atom stereocenters. The van der Waals surface area contributed by atoms with Crippen molar-refractivity contribution in [2.45, 2.75) is 6.54 Å². The zero-order valence-corrected chi connectivity index (χ0v) is 16.9. The van der Waals surface area contributed by atoms with Crippen molar-refractivity contribution in [1.29, 1.82) is 0 Å². The summed E-state index contributed by atoms with van der Waals surface area (Å²) in [4.78, 5) is 20.0. The maximum absolute atomic E-state index is 13.2. The van der Waals surface area contributed by atoms with E-state index in [2.05, 4.69) is 25.4 Å². The molecule has 9 nitrogen and oxygen atoms in total. The number of allylic oxidation sites excluding steroid dienone is 1. The number of hydrogen-bond acceptors (Lipinski definition) is 7. The fourth-order valence-electron chi connectivity index (χ4n) is 3.63. The first-order valence-electron chi connectivity index (χ1n) is 10.2. The Morgan fingerprint density at radius 2 is 1.97 bits per heavy atom. The lowest BCUT2D eigenvalue weighted by atomic mass is 10.1. The normalized spacial score (nSPS) is 17.5. The van der Waals surface area contributed by atoms with Crippen LogP contribution >= 0.6 is 0 Å². The highest BCUT2D eigenvalue weighted by molar-refractivity contribution is 6.06. The number of ether oxygens (including phenoxy) is 2. The number of nitrogens with one attached hydrogen (secondary N) is 1. The van der Waals surface area contributed by atoms with Crippen LogP contribution < -0.4 is 15.0 Å². The molecule has 2 aliphatic rings. The third-order valence-electron chi connectivity index (χ3n) is 5.22. The number of rotatable bonds is 1. The van der Waals surface area contributed by atoms with Crippen molar-refractivity contribution in [3.63, 3.8) is 0 Å². The van der Waals surface area contributed by atoms with Gasteiger partial charge in [-0.05, 0) is 36.4 Å². The van der Waals surface area contributed by atoms with Gasteiger partial charge in [-0.2, -0.15) is 0 Å². The lowest BCUT2D eigenvalue weighted by molar-refractivity contribution is 0.102. The highest BCUT2D eigenvalue weighted by Gasteiger charge is 2.19. The van der Waals surface area contributed by atoms with Crippen LogP contribution in [0.1, 0.15) is 10.4 Å². The van der Waals surface area contributed by atoms with Crippen LogP contribution in [0.4, 0.5) is 11.5 Å². The van der Waals surface area contributed by atoms with E-state index in [0.717, 1.165) is 18.8 Å². The van der Waals surface area contributed by atoms with Gasteiger partial charge in [0.05, 0.1) is 18.8 Å². The summed E-state index contributed by atoms with van der Waals surface area (Å²) in [6.45, 7) is 3.85. The largest absolute Gasteiger partial charge is 0.489 e. The Morgan fingerprint density at radius 1 is 1.06 bits per heavy atom. The second kappa shape index (κ2) is 8.57. The van der Waals surface area contributed by atoms with Crippen LogP contribution in [0, 0.1) is 0 Å². The monoisotopic (exact) mass is 418 g/mol. The van der Waals surface area contributed by atoms with Crippen LogP contribution in [0.5, 0.6) is 5.75 Å². The lowest BCUT2D eigenvalue weighted by Crippen LogP contribution is -2.36. The van der Waals surface area contributed by atoms with Crippen LogP contribution in [0.3, 0.4) is 0 Å². The molecule has 0 saturated carbocycles. The Balaban J connectivity index is 1.51. The highest BCUT2D eigenvalue weighted by atomic mass is 16.5. The average Bonchev–Trinajstić information content (AvgIpc) is 3.28. The zero-order chi connectivity index (χ0) is 21.0. The van der Waals surface area contributed by atoms with Gasteiger partial charge in [0.15, 0.2) is 5.82 Å². The summed E-state index contributed by atoms with van der Waals surface area (Å²) < 4.78 is 13.2. The minimum Gasteiger partial charge on any atom is -0.489 e. The van der Waals surface area contributed by atoms with Gasteiger partial charge in [-0.25, -0.2) is 4.98 Å². The number of aromatic nitrogens is 4. The molecule has 2 aromatic heterocycles. The molecule has 1 aromatic carbocycles. The molecule has 5 rings (SSSR count). The number of hydrogen-bond donors (Lipinski definition) is 1. The van der Waals surface area contributed by atoms with Crippen molar-refractivity contribution in [3.8, 4) is 17.3 Å². The molecule has 9 heteroatoms. The minimum atomic E-state index is -0.280. The van der Waals surface area contributed by atoms with Gasteiger partial charge in [-0.1, -0.05) is 12.1 Å². The van der Waals surface area contributed by atoms with Crippen molar-refractivity contribution < 1.29 is 14.3 Å². The van der Waals surface area contributed by atoms with Crippen molar-refractivity contribution in [3.05, 3.63) is 60.4 Å². The number of benzene rings is 1. The summed E-state index contributed by atoms with van der Waals surface area (Å²) >= 11 is 0. The number of pyridine rings is 1. The van der Waals surface area contributed by atoms with E-state index in [1.807, 2.05) is 47.1 Å². The maximum Gasteiger partial charge on any atom is 0.260 e. The van der Waals surface area contributed by atoms with Gasteiger partial charge in [-0.15, -0.1) is 10.2 Å². The molecule has 0 radical (unpaired) electrons. The Morgan fingerprint density at radius 3 is 2.87 bits per heavy atom. The number of fused-ring (bicyclic) bond motifs is 5. The van der Waals surface area contributed by atoms with Crippen molar-refractivity contribution >= 4 is 17.4 Å². The molecule has 1 fully saturated rings. The molecule has 0 atom stereocenters. The summed E-state index contributed by atoms with van der Waals surface area (Å²) in [5.41, 5.74) is 2.07. The summed E-state index contributed by atoms with van der Waals surface area (Å²) in [6, 6.07) is 11.1. The summed E-state index contributed by atoms with van der Waals surface area (Å²) in [6.07, 6.45) is 5.54. The van der Waals surface area contributed by atoms with Gasteiger partial charge in [-0.3, -0.25) is 4.79 Å². The molecular weight excluding hydrogens is 396 g/mol. The van der Waals surface area contributed by atoms with Crippen LogP contribution in [0.2, 0.25) is 0 Å². The maximum atomic E-state index is 13.2. The van der Waals surface area contributed by atoms with Gasteiger partial charge in [0, 0.05) is 25.3 Å². The third-order valence-corrected chi connectivity index (χ3v) is 5.22. The molecule has 3 aromatic rings. The van der Waals surface area contributed by atoms with E-state index in [1.54, 1.807) is 12.4 Å². The predicted octanol–water partition coefficient (Wildman–Crippen LogP) is 2.38. The molecule has 0 aliphatic carbocycles. The molecular formula is C22H22N6O3. The van der Waals surface area contributed by atoms with Gasteiger partial charge in [0.2, 0.25) is 0 Å². The van der Waals surface area contributed by atoms with Crippen molar-refractivity contribution in [1.82, 2.24) is 19.7 Å². The minimum absolute atomic E-state index is 0.280. The number of nitrogens with zero attached hydrogens (tertiary/aromatic N) is 5. The average molecular weight is 418 g/mol. The molecule has 158 valence electrons. The van der Waals surface area contributed by atoms with Gasteiger partial charge in [0.1, 0.15) is 30.2 Å².